The molecule has 3 aromatic rings. The Morgan fingerprint density at radius 3 is 2.52 bits per heavy atom. The minimum atomic E-state index is -1.06. The number of carboxylic acids is 1. The van der Waals surface area contributed by atoms with E-state index in [1.807, 2.05) is 36.6 Å². The van der Waals surface area contributed by atoms with E-state index < -0.39 is 5.97 Å². The lowest BCUT2D eigenvalue weighted by Gasteiger charge is -2.11. The SMILES string of the molecule is Cc1cc(C=Nc2ccc(Br)c(Cl)c2)c(C)n1-c1ccc(Cl)c(C(=O)O)c1. The van der Waals surface area contributed by atoms with Crippen LogP contribution in [0.3, 0.4) is 0 Å². The first-order chi connectivity index (χ1) is 12.8. The van der Waals surface area contributed by atoms with E-state index in [0.717, 1.165) is 32.8 Å². The number of halogens is 3. The molecule has 0 aliphatic carbocycles. The van der Waals surface area contributed by atoms with Crippen molar-refractivity contribution in [2.75, 3.05) is 0 Å². The molecule has 2 aromatic carbocycles. The fourth-order valence-corrected chi connectivity index (χ4v) is 3.46. The van der Waals surface area contributed by atoms with Crippen molar-refractivity contribution >= 4 is 57.0 Å². The summed E-state index contributed by atoms with van der Waals surface area (Å²) in [6, 6.07) is 12.4. The molecule has 1 heterocycles. The fourth-order valence-electron chi connectivity index (χ4n) is 2.84. The Kier molecular flexibility index (Phi) is 5.75. The third kappa shape index (κ3) is 4.10. The Bertz CT molecular complexity index is 1070. The van der Waals surface area contributed by atoms with Crippen LogP contribution in [0.2, 0.25) is 10.0 Å². The van der Waals surface area contributed by atoms with Crippen molar-refractivity contribution in [2.45, 2.75) is 13.8 Å². The van der Waals surface area contributed by atoms with E-state index in [0.29, 0.717) is 5.02 Å². The number of rotatable bonds is 4. The lowest BCUT2D eigenvalue weighted by molar-refractivity contribution is 0.0697. The molecule has 27 heavy (non-hydrogen) atoms. The topological polar surface area (TPSA) is 54.6 Å². The molecule has 0 fully saturated rings. The monoisotopic (exact) mass is 464 g/mol. The van der Waals surface area contributed by atoms with Crippen molar-refractivity contribution in [2.24, 2.45) is 4.99 Å². The molecule has 0 saturated heterocycles. The van der Waals surface area contributed by atoms with Crippen LogP contribution in [0.5, 0.6) is 0 Å². The van der Waals surface area contributed by atoms with Crippen molar-refractivity contribution < 1.29 is 9.90 Å². The normalized spacial score (nSPS) is 11.3. The standard InChI is InChI=1S/C20H15BrCl2N2O2/c1-11-7-13(10-24-14-3-5-17(21)19(23)8-14)12(2)25(11)15-4-6-18(22)16(9-15)20(26)27/h3-10H,1-2H3,(H,26,27). The van der Waals surface area contributed by atoms with Gasteiger partial charge in [0.25, 0.3) is 0 Å². The van der Waals surface area contributed by atoms with Crippen molar-refractivity contribution in [3.8, 4) is 5.69 Å². The summed E-state index contributed by atoms with van der Waals surface area (Å²) in [5, 5.41) is 10.1. The van der Waals surface area contributed by atoms with Gasteiger partial charge in [-0.15, -0.1) is 0 Å². The van der Waals surface area contributed by atoms with Crippen molar-refractivity contribution in [3.63, 3.8) is 0 Å². The van der Waals surface area contributed by atoms with Crippen LogP contribution in [0.15, 0.2) is 51.9 Å². The van der Waals surface area contributed by atoms with Crippen LogP contribution in [0.1, 0.15) is 27.3 Å². The van der Waals surface area contributed by atoms with Crippen LogP contribution in [0, 0.1) is 13.8 Å². The number of hydrogen-bond donors (Lipinski definition) is 1. The summed E-state index contributed by atoms with van der Waals surface area (Å²) in [7, 11) is 0. The fraction of sp³-hybridized carbons (Fsp3) is 0.100. The molecule has 138 valence electrons. The number of aromatic nitrogens is 1. The molecule has 1 aromatic heterocycles. The molecule has 0 saturated carbocycles. The van der Waals surface area contributed by atoms with Gasteiger partial charge >= 0.3 is 5.97 Å². The van der Waals surface area contributed by atoms with E-state index in [1.54, 1.807) is 30.5 Å². The quantitative estimate of drug-likeness (QED) is 0.440. The molecule has 0 amide bonds. The average Bonchev–Trinajstić information content (AvgIpc) is 2.90. The molecule has 3 rings (SSSR count). The van der Waals surface area contributed by atoms with Gasteiger partial charge < -0.3 is 9.67 Å². The summed E-state index contributed by atoms with van der Waals surface area (Å²) >= 11 is 15.4. The van der Waals surface area contributed by atoms with Gasteiger partial charge in [-0.3, -0.25) is 4.99 Å². The summed E-state index contributed by atoms with van der Waals surface area (Å²) in [6.07, 6.45) is 1.77. The molecule has 0 bridgehead atoms. The highest BCUT2D eigenvalue weighted by molar-refractivity contribution is 9.10. The van der Waals surface area contributed by atoms with Gasteiger partial charge in [0.2, 0.25) is 0 Å². The largest absolute Gasteiger partial charge is 0.478 e. The zero-order valence-corrected chi connectivity index (χ0v) is 17.6. The summed E-state index contributed by atoms with van der Waals surface area (Å²) in [5.74, 6) is -1.06. The van der Waals surface area contributed by atoms with E-state index in [2.05, 4.69) is 20.9 Å². The molecule has 0 radical (unpaired) electrons. The summed E-state index contributed by atoms with van der Waals surface area (Å²) in [6.45, 7) is 3.91. The van der Waals surface area contributed by atoms with Gasteiger partial charge in [0.05, 0.1) is 21.3 Å². The van der Waals surface area contributed by atoms with E-state index in [-0.39, 0.29) is 10.6 Å². The van der Waals surface area contributed by atoms with Crippen LogP contribution in [-0.4, -0.2) is 21.9 Å². The van der Waals surface area contributed by atoms with Crippen molar-refractivity contribution in [1.82, 2.24) is 4.57 Å². The third-order valence-corrected chi connectivity index (χ3v) is 5.73. The maximum absolute atomic E-state index is 11.4. The Morgan fingerprint density at radius 2 is 1.85 bits per heavy atom. The summed E-state index contributed by atoms with van der Waals surface area (Å²) in [5.41, 5.74) is 4.38. The molecule has 0 aliphatic rings. The Morgan fingerprint density at radius 1 is 1.11 bits per heavy atom. The molecular formula is C20H15BrCl2N2O2. The summed E-state index contributed by atoms with van der Waals surface area (Å²) < 4.78 is 2.79. The maximum Gasteiger partial charge on any atom is 0.337 e. The van der Waals surface area contributed by atoms with Gasteiger partial charge in [0.1, 0.15) is 0 Å². The van der Waals surface area contributed by atoms with Crippen LogP contribution >= 0.6 is 39.1 Å². The molecule has 1 N–H and O–H groups in total. The number of carboxylic acid groups (broad SMARTS) is 1. The van der Waals surface area contributed by atoms with Gasteiger partial charge in [0, 0.05) is 33.3 Å². The first-order valence-electron chi connectivity index (χ1n) is 7.99. The first kappa shape index (κ1) is 19.7. The highest BCUT2D eigenvalue weighted by Gasteiger charge is 2.14. The second-order valence-electron chi connectivity index (χ2n) is 5.99. The zero-order valence-electron chi connectivity index (χ0n) is 14.5. The van der Waals surface area contributed by atoms with Gasteiger partial charge in [-0.25, -0.2) is 4.79 Å². The number of benzene rings is 2. The molecule has 0 spiro atoms. The second-order valence-corrected chi connectivity index (χ2v) is 7.66. The van der Waals surface area contributed by atoms with Gasteiger partial charge in [-0.2, -0.15) is 0 Å². The lowest BCUT2D eigenvalue weighted by atomic mass is 10.2. The number of aromatic carboxylic acids is 1. The highest BCUT2D eigenvalue weighted by Crippen LogP contribution is 2.28. The minimum Gasteiger partial charge on any atom is -0.478 e. The number of aliphatic imine (C=N–C) groups is 1. The van der Waals surface area contributed by atoms with Gasteiger partial charge in [0.15, 0.2) is 0 Å². The number of carbonyl (C=O) groups is 1. The molecule has 0 atom stereocenters. The second kappa shape index (κ2) is 7.89. The average molecular weight is 466 g/mol. The van der Waals surface area contributed by atoms with Crippen LogP contribution in [0.4, 0.5) is 5.69 Å². The number of hydrogen-bond acceptors (Lipinski definition) is 2. The highest BCUT2D eigenvalue weighted by atomic mass is 79.9. The van der Waals surface area contributed by atoms with E-state index in [1.165, 1.54) is 0 Å². The van der Waals surface area contributed by atoms with Crippen molar-refractivity contribution in [1.29, 1.82) is 0 Å². The molecule has 7 heteroatoms. The number of nitrogens with zero attached hydrogens (tertiary/aromatic N) is 2. The van der Waals surface area contributed by atoms with Gasteiger partial charge in [-0.05, 0) is 72.2 Å². The van der Waals surface area contributed by atoms with Gasteiger partial charge in [-0.1, -0.05) is 23.2 Å². The molecule has 0 unspecified atom stereocenters. The predicted octanol–water partition coefficient (Wildman–Crippen LogP) is 6.61. The van der Waals surface area contributed by atoms with E-state index >= 15 is 0 Å². The maximum atomic E-state index is 11.4. The Labute approximate surface area is 175 Å². The van der Waals surface area contributed by atoms with E-state index in [4.69, 9.17) is 23.2 Å². The zero-order chi connectivity index (χ0) is 19.7. The third-order valence-electron chi connectivity index (χ3n) is 4.16. The molecule has 0 aliphatic heterocycles. The van der Waals surface area contributed by atoms with Crippen LogP contribution < -0.4 is 0 Å². The minimum absolute atomic E-state index is 0.0707. The Balaban J connectivity index is 2.00. The van der Waals surface area contributed by atoms with E-state index in [9.17, 15) is 9.90 Å². The molecular weight excluding hydrogens is 451 g/mol. The van der Waals surface area contributed by atoms with Crippen LogP contribution in [-0.2, 0) is 0 Å². The predicted molar refractivity (Wildman–Crippen MR) is 114 cm³/mol. The molecule has 4 nitrogen and oxygen atoms in total. The summed E-state index contributed by atoms with van der Waals surface area (Å²) in [4.78, 5) is 15.9. The van der Waals surface area contributed by atoms with Crippen LogP contribution in [0.25, 0.3) is 5.69 Å². The smallest absolute Gasteiger partial charge is 0.337 e. The Hall–Kier alpha value is -2.08. The lowest BCUT2D eigenvalue weighted by Crippen LogP contribution is -2.03. The van der Waals surface area contributed by atoms with Crippen molar-refractivity contribution in [3.05, 3.63) is 79.5 Å². The first-order valence-corrected chi connectivity index (χ1v) is 9.54. The number of aryl methyl sites for hydroxylation is 1.